The van der Waals surface area contributed by atoms with Crippen LogP contribution >= 0.6 is 0 Å². The average Bonchev–Trinajstić information content (AvgIpc) is 3.45. The topological polar surface area (TPSA) is 177 Å². The molecule has 0 saturated carbocycles. The fraction of sp³-hybridized carbons (Fsp3) is 0.182. The zero-order chi connectivity index (χ0) is 24.5. The fourth-order valence-electron chi connectivity index (χ4n) is 2.81. The van der Waals surface area contributed by atoms with Crippen LogP contribution < -0.4 is 18.9 Å². The molecule has 0 aliphatic rings. The number of rotatable bonds is 7. The van der Waals surface area contributed by atoms with Gasteiger partial charge in [-0.3, -0.25) is 10.2 Å². The fourth-order valence-corrected chi connectivity index (χ4v) is 2.81. The van der Waals surface area contributed by atoms with Gasteiger partial charge in [0.2, 0.25) is 0 Å². The summed E-state index contributed by atoms with van der Waals surface area (Å²) in [5, 5.41) is 21.0. The molecule has 4 aromatic rings. The van der Waals surface area contributed by atoms with E-state index in [1.807, 2.05) is 0 Å². The smallest absolute Gasteiger partial charge is 0.870 e. The van der Waals surface area contributed by atoms with Crippen LogP contribution in [-0.2, 0) is 17.6 Å². The van der Waals surface area contributed by atoms with Gasteiger partial charge in [-0.1, -0.05) is 24.3 Å². The van der Waals surface area contributed by atoms with Crippen LogP contribution in [0.15, 0.2) is 48.5 Å². The van der Waals surface area contributed by atoms with Crippen molar-refractivity contribution in [3.8, 4) is 0 Å². The first-order valence-electron chi connectivity index (χ1n) is 10.1. The molecular formula is C22H21F2LiN6O5. The first-order chi connectivity index (χ1) is 16.3. The summed E-state index contributed by atoms with van der Waals surface area (Å²) in [6, 6.07) is 12.2. The number of nitrogens with one attached hydrogen (secondary N) is 2. The molecule has 0 fully saturated rings. The van der Waals surface area contributed by atoms with Gasteiger partial charge in [-0.05, 0) is 42.3 Å². The van der Waals surface area contributed by atoms with Gasteiger partial charge in [0.25, 0.3) is 11.6 Å². The van der Waals surface area contributed by atoms with Crippen molar-refractivity contribution < 1.29 is 52.6 Å². The van der Waals surface area contributed by atoms with Crippen LogP contribution in [0.5, 0.6) is 0 Å². The van der Waals surface area contributed by atoms with Gasteiger partial charge in [-0.25, -0.2) is 28.3 Å². The maximum atomic E-state index is 13.0. The Morgan fingerprint density at radius 1 is 0.889 bits per heavy atom. The van der Waals surface area contributed by atoms with Crippen molar-refractivity contribution in [2.45, 2.75) is 19.8 Å². The minimum Gasteiger partial charge on any atom is -0.870 e. The SMILES string of the molecule is CCOC(=O)c1n[nH]c(Cc2cccc(F)c2)n1.O=C(O)c1n[nH]c(Cc2cccc(F)c2)n1.[Li+].[OH-]. The summed E-state index contributed by atoms with van der Waals surface area (Å²) in [6.07, 6.45) is 0.697. The third-order valence-electron chi connectivity index (χ3n) is 4.23. The number of aromatic amines is 2. The molecular weight excluding hydrogens is 473 g/mol. The third kappa shape index (κ3) is 9.03. The molecule has 0 atom stereocenters. The Morgan fingerprint density at radius 3 is 1.78 bits per heavy atom. The number of hydrogen-bond donors (Lipinski definition) is 3. The monoisotopic (exact) mass is 494 g/mol. The molecule has 2 aromatic heterocycles. The number of carbonyl (C=O) groups is 2. The van der Waals surface area contributed by atoms with E-state index < -0.39 is 11.9 Å². The van der Waals surface area contributed by atoms with Gasteiger partial charge < -0.3 is 15.3 Å². The second-order valence-corrected chi connectivity index (χ2v) is 6.85. The van der Waals surface area contributed by atoms with Crippen LogP contribution in [0.1, 0.15) is 50.9 Å². The molecule has 4 N–H and O–H groups in total. The number of ether oxygens (including phenoxy) is 1. The van der Waals surface area contributed by atoms with Crippen LogP contribution in [0.2, 0.25) is 0 Å². The number of carbonyl (C=O) groups excluding carboxylic acids is 1. The van der Waals surface area contributed by atoms with Crippen LogP contribution in [0.3, 0.4) is 0 Å². The van der Waals surface area contributed by atoms with E-state index in [1.54, 1.807) is 31.2 Å². The molecule has 11 nitrogen and oxygen atoms in total. The first-order valence-corrected chi connectivity index (χ1v) is 10.1. The molecule has 0 radical (unpaired) electrons. The van der Waals surface area contributed by atoms with Crippen LogP contribution in [0.4, 0.5) is 8.78 Å². The normalized spacial score (nSPS) is 9.75. The number of carboxylic acid groups (broad SMARTS) is 1. The van der Waals surface area contributed by atoms with Crippen LogP contribution in [-0.4, -0.2) is 59.5 Å². The van der Waals surface area contributed by atoms with E-state index >= 15 is 0 Å². The van der Waals surface area contributed by atoms with Crippen molar-refractivity contribution in [1.29, 1.82) is 0 Å². The second-order valence-electron chi connectivity index (χ2n) is 6.85. The Morgan fingerprint density at radius 2 is 1.36 bits per heavy atom. The molecule has 2 heterocycles. The molecule has 0 bridgehead atoms. The second kappa shape index (κ2) is 14.5. The standard InChI is InChI=1S/C12H12FN3O2.C10H8FN3O2.Li.H2O/c1-2-18-12(17)11-14-10(15-16-11)7-8-4-3-5-9(13)6-8;11-7-3-1-2-6(4-7)5-8-12-9(10(15)16)14-13-8;;/h3-6H,2,7H2,1H3,(H,14,15,16);1-4H,5H2,(H,15,16)(H,12,13,14);;1H2/q;;+1;/p-1. The number of aromatic nitrogens is 6. The van der Waals surface area contributed by atoms with Crippen molar-refractivity contribution >= 4 is 11.9 Å². The van der Waals surface area contributed by atoms with Gasteiger partial charge in [0.05, 0.1) is 6.61 Å². The van der Waals surface area contributed by atoms with Crippen molar-refractivity contribution in [2.75, 3.05) is 6.61 Å². The maximum Gasteiger partial charge on any atom is 1.00 e. The van der Waals surface area contributed by atoms with Gasteiger partial charge in [-0.2, -0.15) is 0 Å². The van der Waals surface area contributed by atoms with Crippen molar-refractivity contribution in [3.05, 3.63) is 94.6 Å². The summed E-state index contributed by atoms with van der Waals surface area (Å²) in [7, 11) is 0. The molecule has 0 aliphatic carbocycles. The molecule has 0 spiro atoms. The Kier molecular flexibility index (Phi) is 12.1. The molecule has 0 aliphatic heterocycles. The molecule has 184 valence electrons. The molecule has 36 heavy (non-hydrogen) atoms. The summed E-state index contributed by atoms with van der Waals surface area (Å²) in [5.41, 5.74) is 1.45. The third-order valence-corrected chi connectivity index (χ3v) is 4.23. The number of H-pyrrole nitrogens is 2. The van der Waals surface area contributed by atoms with Gasteiger partial charge in [0.1, 0.15) is 23.3 Å². The zero-order valence-electron chi connectivity index (χ0n) is 19.4. The van der Waals surface area contributed by atoms with Gasteiger partial charge in [-0.15, -0.1) is 10.2 Å². The predicted octanol–water partition coefficient (Wildman–Crippen LogP) is -0.229. The Bertz CT molecular complexity index is 1280. The van der Waals surface area contributed by atoms with Gasteiger partial charge in [0, 0.05) is 12.8 Å². The minimum atomic E-state index is -1.19. The minimum absolute atomic E-state index is 0. The predicted molar refractivity (Wildman–Crippen MR) is 116 cm³/mol. The molecule has 14 heteroatoms. The van der Waals surface area contributed by atoms with Crippen LogP contribution in [0, 0.1) is 11.6 Å². The molecule has 2 aromatic carbocycles. The Balaban J connectivity index is 0.000000343. The number of esters is 1. The summed E-state index contributed by atoms with van der Waals surface area (Å²) in [5.74, 6) is -1.82. The number of nitrogens with zero attached hydrogens (tertiary/aromatic N) is 4. The first kappa shape index (κ1) is 30.1. The Hall–Kier alpha value is -3.92. The van der Waals surface area contributed by atoms with Crippen molar-refractivity contribution in [3.63, 3.8) is 0 Å². The van der Waals surface area contributed by atoms with E-state index in [1.165, 1.54) is 24.3 Å². The summed E-state index contributed by atoms with van der Waals surface area (Å²) < 4.78 is 30.6. The Labute approximate surface area is 215 Å². The van der Waals surface area contributed by atoms with E-state index in [9.17, 15) is 18.4 Å². The number of aromatic carboxylic acids is 1. The largest absolute Gasteiger partial charge is 1.00 e. The summed E-state index contributed by atoms with van der Waals surface area (Å²) in [6.45, 7) is 1.98. The molecule has 0 saturated heterocycles. The quantitative estimate of drug-likeness (QED) is 0.231. The average molecular weight is 494 g/mol. The zero-order valence-corrected chi connectivity index (χ0v) is 19.4. The summed E-state index contributed by atoms with van der Waals surface area (Å²) in [4.78, 5) is 29.6. The number of halogens is 2. The maximum absolute atomic E-state index is 13.0. The number of benzene rings is 2. The van der Waals surface area contributed by atoms with Crippen LogP contribution in [0.25, 0.3) is 0 Å². The molecule has 0 amide bonds. The van der Waals surface area contributed by atoms with E-state index in [-0.39, 0.29) is 54.2 Å². The van der Waals surface area contributed by atoms with Gasteiger partial charge in [0.15, 0.2) is 0 Å². The van der Waals surface area contributed by atoms with E-state index in [2.05, 4.69) is 30.4 Å². The van der Waals surface area contributed by atoms with Crippen molar-refractivity contribution in [1.82, 2.24) is 30.4 Å². The van der Waals surface area contributed by atoms with Crippen molar-refractivity contribution in [2.24, 2.45) is 0 Å². The summed E-state index contributed by atoms with van der Waals surface area (Å²) >= 11 is 0. The van der Waals surface area contributed by atoms with E-state index in [0.717, 1.165) is 5.56 Å². The number of carboxylic acids is 1. The van der Waals surface area contributed by atoms with E-state index in [4.69, 9.17) is 9.84 Å². The van der Waals surface area contributed by atoms with Gasteiger partial charge >= 0.3 is 30.8 Å². The number of hydrogen-bond acceptors (Lipinski definition) is 8. The molecule has 0 unspecified atom stereocenters. The molecule has 4 rings (SSSR count). The van der Waals surface area contributed by atoms with E-state index in [0.29, 0.717) is 30.1 Å².